The van der Waals surface area contributed by atoms with E-state index in [1.54, 1.807) is 6.20 Å². The zero-order valence-corrected chi connectivity index (χ0v) is 17.8. The van der Waals surface area contributed by atoms with Gasteiger partial charge in [0.1, 0.15) is 0 Å². The van der Waals surface area contributed by atoms with E-state index in [0.717, 1.165) is 17.3 Å². The summed E-state index contributed by atoms with van der Waals surface area (Å²) in [5, 5.41) is 1.02. The number of carbonyl (C=O) groups is 2. The van der Waals surface area contributed by atoms with Crippen LogP contribution < -0.4 is 20.3 Å². The SMILES string of the molecule is COc1cc(C(=O)NNC(=O)c2c[nH]c3ccccc23)cc(Cl)c1OCCC(C)C. The first-order chi connectivity index (χ1) is 14.4. The van der Waals surface area contributed by atoms with E-state index in [4.69, 9.17) is 21.1 Å². The first kappa shape index (κ1) is 21.5. The third kappa shape index (κ3) is 4.86. The number of nitrogens with one attached hydrogen (secondary N) is 3. The van der Waals surface area contributed by atoms with Crippen molar-refractivity contribution < 1.29 is 19.1 Å². The van der Waals surface area contributed by atoms with E-state index in [0.29, 0.717) is 29.6 Å². The molecule has 0 saturated heterocycles. The van der Waals surface area contributed by atoms with Gasteiger partial charge in [-0.25, -0.2) is 0 Å². The number of fused-ring (bicyclic) bond motifs is 1. The van der Waals surface area contributed by atoms with E-state index in [-0.39, 0.29) is 10.6 Å². The van der Waals surface area contributed by atoms with Crippen LogP contribution in [0.3, 0.4) is 0 Å². The Morgan fingerprint density at radius 3 is 2.60 bits per heavy atom. The number of hydrogen-bond donors (Lipinski definition) is 3. The van der Waals surface area contributed by atoms with E-state index >= 15 is 0 Å². The van der Waals surface area contributed by atoms with Crippen LogP contribution in [0, 0.1) is 5.92 Å². The predicted molar refractivity (Wildman–Crippen MR) is 116 cm³/mol. The van der Waals surface area contributed by atoms with Crippen molar-refractivity contribution in [1.82, 2.24) is 15.8 Å². The molecule has 0 fully saturated rings. The fraction of sp³-hybridized carbons (Fsp3) is 0.273. The zero-order valence-electron chi connectivity index (χ0n) is 17.0. The van der Waals surface area contributed by atoms with E-state index in [2.05, 4.69) is 29.7 Å². The van der Waals surface area contributed by atoms with Crippen molar-refractivity contribution in [1.29, 1.82) is 0 Å². The molecule has 3 aromatic rings. The molecule has 0 radical (unpaired) electrons. The number of amides is 2. The molecule has 0 aliphatic rings. The van der Waals surface area contributed by atoms with Crippen LogP contribution in [0.25, 0.3) is 10.9 Å². The number of ether oxygens (including phenoxy) is 2. The molecule has 3 rings (SSSR count). The number of aromatic nitrogens is 1. The maximum Gasteiger partial charge on any atom is 0.271 e. The van der Waals surface area contributed by atoms with Crippen LogP contribution in [0.15, 0.2) is 42.6 Å². The van der Waals surface area contributed by atoms with Crippen molar-refractivity contribution >= 4 is 34.3 Å². The number of carbonyl (C=O) groups excluding carboxylic acids is 2. The minimum atomic E-state index is -0.530. The fourth-order valence-electron chi connectivity index (χ4n) is 2.90. The van der Waals surface area contributed by atoms with Gasteiger partial charge in [0, 0.05) is 22.7 Å². The molecule has 0 atom stereocenters. The second-order valence-electron chi connectivity index (χ2n) is 7.18. The van der Waals surface area contributed by atoms with Crippen LogP contribution in [-0.2, 0) is 0 Å². The van der Waals surface area contributed by atoms with Gasteiger partial charge in [0.25, 0.3) is 11.8 Å². The van der Waals surface area contributed by atoms with Crippen LogP contribution >= 0.6 is 11.6 Å². The maximum absolute atomic E-state index is 12.5. The number of aromatic amines is 1. The summed E-state index contributed by atoms with van der Waals surface area (Å²) in [6.07, 6.45) is 2.46. The summed E-state index contributed by atoms with van der Waals surface area (Å²) in [7, 11) is 1.47. The van der Waals surface area contributed by atoms with Crippen molar-refractivity contribution in [3.8, 4) is 11.5 Å². The number of halogens is 1. The predicted octanol–water partition coefficient (Wildman–Crippen LogP) is 4.33. The van der Waals surface area contributed by atoms with Gasteiger partial charge in [0.05, 0.1) is 24.3 Å². The Morgan fingerprint density at radius 2 is 1.87 bits per heavy atom. The lowest BCUT2D eigenvalue weighted by molar-refractivity contribution is 0.0847. The standard InChI is InChI=1S/C22H24ClN3O4/c1-13(2)8-9-30-20-17(23)10-14(11-19(20)29-3)21(27)25-26-22(28)16-12-24-18-7-5-4-6-15(16)18/h4-7,10-13,24H,8-9H2,1-3H3,(H,25,27)(H,26,28). The first-order valence-corrected chi connectivity index (χ1v) is 9.95. The van der Waals surface area contributed by atoms with Gasteiger partial charge in [-0.3, -0.25) is 20.4 Å². The highest BCUT2D eigenvalue weighted by Gasteiger charge is 2.18. The monoisotopic (exact) mass is 429 g/mol. The van der Waals surface area contributed by atoms with Crippen molar-refractivity contribution in [3.05, 3.63) is 58.7 Å². The lowest BCUT2D eigenvalue weighted by atomic mass is 10.1. The second-order valence-corrected chi connectivity index (χ2v) is 7.58. The Labute approximate surface area is 179 Å². The molecule has 1 heterocycles. The lowest BCUT2D eigenvalue weighted by Crippen LogP contribution is -2.41. The topological polar surface area (TPSA) is 92.5 Å². The third-order valence-electron chi connectivity index (χ3n) is 4.56. The minimum absolute atomic E-state index is 0.229. The third-order valence-corrected chi connectivity index (χ3v) is 4.84. The van der Waals surface area contributed by atoms with Gasteiger partial charge in [-0.05, 0) is 30.5 Å². The number of hydrazine groups is 1. The summed E-state index contributed by atoms with van der Waals surface area (Å²) in [5.41, 5.74) is 6.31. The molecule has 0 unspecified atom stereocenters. The Kier molecular flexibility index (Phi) is 6.84. The minimum Gasteiger partial charge on any atom is -0.493 e. The maximum atomic E-state index is 12.5. The Bertz CT molecular complexity index is 1060. The molecule has 1 aromatic heterocycles. The molecule has 0 aliphatic carbocycles. The van der Waals surface area contributed by atoms with Crippen molar-refractivity contribution in [2.75, 3.05) is 13.7 Å². The summed E-state index contributed by atoms with van der Waals surface area (Å²) < 4.78 is 11.1. The van der Waals surface area contributed by atoms with Gasteiger partial charge in [-0.15, -0.1) is 0 Å². The fourth-order valence-corrected chi connectivity index (χ4v) is 3.17. The van der Waals surface area contributed by atoms with Crippen LogP contribution in [0.4, 0.5) is 0 Å². The molecule has 0 bridgehead atoms. The molecule has 2 amide bonds. The molecule has 2 aromatic carbocycles. The van der Waals surface area contributed by atoms with E-state index in [1.165, 1.54) is 19.2 Å². The van der Waals surface area contributed by atoms with Crippen LogP contribution in [0.2, 0.25) is 5.02 Å². The molecule has 7 nitrogen and oxygen atoms in total. The zero-order chi connectivity index (χ0) is 21.7. The molecule has 158 valence electrons. The molecule has 30 heavy (non-hydrogen) atoms. The number of H-pyrrole nitrogens is 1. The average Bonchev–Trinajstić information content (AvgIpc) is 3.16. The highest BCUT2D eigenvalue weighted by atomic mass is 35.5. The summed E-state index contributed by atoms with van der Waals surface area (Å²) in [4.78, 5) is 28.0. The summed E-state index contributed by atoms with van der Waals surface area (Å²) in [6, 6.07) is 10.4. The van der Waals surface area contributed by atoms with Gasteiger partial charge in [0.15, 0.2) is 11.5 Å². The first-order valence-electron chi connectivity index (χ1n) is 9.57. The van der Waals surface area contributed by atoms with Crippen LogP contribution in [-0.4, -0.2) is 30.5 Å². The Balaban J connectivity index is 1.69. The van der Waals surface area contributed by atoms with Crippen molar-refractivity contribution in [3.63, 3.8) is 0 Å². The molecule has 0 aliphatic heterocycles. The molecule has 0 spiro atoms. The normalized spacial score (nSPS) is 10.8. The Morgan fingerprint density at radius 1 is 1.13 bits per heavy atom. The molecule has 8 heteroatoms. The van der Waals surface area contributed by atoms with E-state index in [9.17, 15) is 9.59 Å². The van der Waals surface area contributed by atoms with Gasteiger partial charge >= 0.3 is 0 Å². The summed E-state index contributed by atoms with van der Waals surface area (Å²) >= 11 is 6.31. The van der Waals surface area contributed by atoms with E-state index in [1.807, 2.05) is 24.3 Å². The van der Waals surface area contributed by atoms with E-state index < -0.39 is 11.8 Å². The Hall–Kier alpha value is -3.19. The number of para-hydroxylation sites is 1. The number of hydrogen-bond acceptors (Lipinski definition) is 4. The number of methoxy groups -OCH3 is 1. The highest BCUT2D eigenvalue weighted by molar-refractivity contribution is 6.32. The molecular formula is C22H24ClN3O4. The quantitative estimate of drug-likeness (QED) is 0.487. The van der Waals surface area contributed by atoms with Crippen LogP contribution in [0.1, 0.15) is 41.0 Å². The average molecular weight is 430 g/mol. The van der Waals surface area contributed by atoms with Gasteiger partial charge in [0.2, 0.25) is 0 Å². The smallest absolute Gasteiger partial charge is 0.271 e. The number of benzene rings is 2. The van der Waals surface area contributed by atoms with Gasteiger partial charge < -0.3 is 14.5 Å². The molecular weight excluding hydrogens is 406 g/mol. The molecule has 3 N–H and O–H groups in total. The van der Waals surface area contributed by atoms with Crippen molar-refractivity contribution in [2.45, 2.75) is 20.3 Å². The largest absolute Gasteiger partial charge is 0.493 e. The van der Waals surface area contributed by atoms with Crippen molar-refractivity contribution in [2.24, 2.45) is 5.92 Å². The second kappa shape index (κ2) is 9.54. The van der Waals surface area contributed by atoms with Gasteiger partial charge in [-0.2, -0.15) is 0 Å². The highest BCUT2D eigenvalue weighted by Crippen LogP contribution is 2.36. The van der Waals surface area contributed by atoms with Gasteiger partial charge in [-0.1, -0.05) is 43.6 Å². The van der Waals surface area contributed by atoms with Crippen LogP contribution in [0.5, 0.6) is 11.5 Å². The summed E-state index contributed by atoms with van der Waals surface area (Å²) in [6.45, 7) is 4.68. The lowest BCUT2D eigenvalue weighted by Gasteiger charge is -2.15. The summed E-state index contributed by atoms with van der Waals surface area (Å²) in [5.74, 6) is 0.253. The molecule has 0 saturated carbocycles. The number of rotatable bonds is 7.